The van der Waals surface area contributed by atoms with Gasteiger partial charge in [-0.3, -0.25) is 0 Å². The molecule has 0 amide bonds. The number of halogens is 15. The topological polar surface area (TPSA) is 9.72 Å². The molecule has 0 spiro atoms. The van der Waals surface area contributed by atoms with Gasteiger partial charge in [-0.25, -0.2) is 65.9 Å². The minimum atomic E-state index is -2.68. The van der Waals surface area contributed by atoms with Gasteiger partial charge in [0.05, 0.1) is 0 Å². The number of nitrogens with zero attached hydrogens (tertiary/aromatic N) is 3. The third-order valence-electron chi connectivity index (χ3n) is 6.82. The highest BCUT2D eigenvalue weighted by Gasteiger charge is 2.56. The summed E-state index contributed by atoms with van der Waals surface area (Å²) < 4.78 is 217. The zero-order valence-corrected chi connectivity index (χ0v) is 20.7. The van der Waals surface area contributed by atoms with Crippen molar-refractivity contribution in [3.05, 3.63) is 87.3 Å². The first kappa shape index (κ1) is 31.6. The summed E-state index contributed by atoms with van der Waals surface area (Å²) in [5.74, 6) is -39.1. The lowest BCUT2D eigenvalue weighted by Gasteiger charge is -2.50. The molecule has 1 saturated heterocycles. The maximum absolute atomic E-state index is 14.9. The van der Waals surface area contributed by atoms with Crippen LogP contribution in [0.5, 0.6) is 0 Å². The minimum Gasteiger partial charge on any atom is -0.351 e. The fourth-order valence-corrected chi connectivity index (χ4v) is 5.03. The van der Waals surface area contributed by atoms with Crippen molar-refractivity contribution in [3.63, 3.8) is 0 Å². The van der Waals surface area contributed by atoms with E-state index in [2.05, 4.69) is 0 Å². The monoisotopic (exact) mass is 621 g/mol. The van der Waals surface area contributed by atoms with E-state index in [0.717, 1.165) is 0 Å². The highest BCUT2D eigenvalue weighted by molar-refractivity contribution is 6.98. The van der Waals surface area contributed by atoms with Crippen LogP contribution in [0.15, 0.2) is 0 Å². The first-order valence-electron chi connectivity index (χ1n) is 11.1. The van der Waals surface area contributed by atoms with Gasteiger partial charge in [-0.15, -0.1) is 0 Å². The van der Waals surface area contributed by atoms with Crippen molar-refractivity contribution < 1.29 is 65.9 Å². The van der Waals surface area contributed by atoms with Crippen molar-refractivity contribution in [1.82, 2.24) is 14.2 Å². The van der Waals surface area contributed by atoms with E-state index in [4.69, 9.17) is 0 Å². The van der Waals surface area contributed by atoms with Crippen molar-refractivity contribution in [1.29, 1.82) is 0 Å². The molecule has 42 heavy (non-hydrogen) atoms. The lowest BCUT2D eigenvalue weighted by molar-refractivity contribution is 0.379. The Labute approximate surface area is 226 Å². The average molecular weight is 621 g/mol. The molecule has 21 heteroatoms. The summed E-state index contributed by atoms with van der Waals surface area (Å²) in [5, 5.41) is 0. The van der Waals surface area contributed by atoms with Gasteiger partial charge in [0.25, 0.3) is 0 Å². The van der Waals surface area contributed by atoms with Crippen LogP contribution in [0, 0.1) is 87.3 Å². The number of hydrogen-bond donors (Lipinski definition) is 0. The van der Waals surface area contributed by atoms with E-state index in [1.807, 2.05) is 0 Å². The molecule has 0 atom stereocenters. The Kier molecular flexibility index (Phi) is 8.09. The quantitative estimate of drug-likeness (QED) is 0.193. The lowest BCUT2D eigenvalue weighted by atomic mass is 9.38. The molecule has 1 fully saturated rings. The van der Waals surface area contributed by atoms with Crippen LogP contribution in [0.3, 0.4) is 0 Å². The third-order valence-corrected chi connectivity index (χ3v) is 6.82. The molecule has 0 aromatic heterocycles. The van der Waals surface area contributed by atoms with Crippen molar-refractivity contribution in [2.24, 2.45) is 0 Å². The van der Waals surface area contributed by atoms with Gasteiger partial charge in [0.15, 0.2) is 87.3 Å². The van der Waals surface area contributed by atoms with Crippen LogP contribution in [-0.2, 0) is 0 Å². The van der Waals surface area contributed by atoms with Crippen LogP contribution < -0.4 is 16.4 Å². The second-order valence-corrected chi connectivity index (χ2v) is 9.07. The molecule has 1 aliphatic rings. The summed E-state index contributed by atoms with van der Waals surface area (Å²) in [6.07, 6.45) is 0. The standard InChI is InChI=1S/C21H9B3F15N3/c1-40-22(4-7(25)13(31)19(37)14(32)8(4)26)41(2)24(6-11(29)17(35)21(39)18(36)12(6)30)42(3)23(40)5-9(27)15(33)20(38)16(34)10(5)28/h1-3H3. The van der Waals surface area contributed by atoms with Gasteiger partial charge in [0, 0.05) is 16.4 Å². The van der Waals surface area contributed by atoms with Crippen molar-refractivity contribution in [2.45, 2.75) is 0 Å². The Bertz CT molecular complexity index is 1350. The zero-order chi connectivity index (χ0) is 31.9. The molecule has 3 aromatic carbocycles. The maximum atomic E-state index is 14.9. The minimum absolute atomic E-state index is 0.277. The number of hydrogen-bond acceptors (Lipinski definition) is 3. The normalized spacial score (nSPS) is 15.4. The van der Waals surface area contributed by atoms with Crippen LogP contribution in [0.1, 0.15) is 0 Å². The molecule has 0 bridgehead atoms. The first-order valence-corrected chi connectivity index (χ1v) is 11.1. The Morgan fingerprint density at radius 1 is 0.262 bits per heavy atom. The molecule has 222 valence electrons. The van der Waals surface area contributed by atoms with E-state index in [1.54, 1.807) is 0 Å². The molecule has 1 heterocycles. The summed E-state index contributed by atoms with van der Waals surface area (Å²) in [4.78, 5) is 0. The van der Waals surface area contributed by atoms with Crippen LogP contribution in [0.2, 0.25) is 0 Å². The van der Waals surface area contributed by atoms with Gasteiger partial charge >= 0.3 is 20.9 Å². The Morgan fingerprint density at radius 2 is 0.381 bits per heavy atom. The van der Waals surface area contributed by atoms with Crippen LogP contribution in [0.4, 0.5) is 65.9 Å². The summed E-state index contributed by atoms with van der Waals surface area (Å²) in [6.45, 7) is -7.86. The Balaban J connectivity index is 2.14. The lowest BCUT2D eigenvalue weighted by Crippen LogP contribution is -2.84. The van der Waals surface area contributed by atoms with Crippen molar-refractivity contribution >= 4 is 37.3 Å². The van der Waals surface area contributed by atoms with E-state index in [1.165, 1.54) is 0 Å². The summed E-state index contributed by atoms with van der Waals surface area (Å²) in [5.41, 5.74) is -5.60. The molecule has 0 N–H and O–H groups in total. The molecule has 3 aromatic rings. The van der Waals surface area contributed by atoms with E-state index >= 15 is 0 Å². The largest absolute Gasteiger partial charge is 0.351 e. The smallest absolute Gasteiger partial charge is 0.332 e. The molecule has 0 aliphatic carbocycles. The molecule has 0 unspecified atom stereocenters. The van der Waals surface area contributed by atoms with Gasteiger partial charge in [-0.05, 0) is 21.1 Å². The Hall–Kier alpha value is -3.32. The maximum Gasteiger partial charge on any atom is 0.332 e. The van der Waals surface area contributed by atoms with Gasteiger partial charge < -0.3 is 14.2 Å². The Morgan fingerprint density at radius 3 is 0.524 bits per heavy atom. The van der Waals surface area contributed by atoms with E-state index in [0.29, 0.717) is 21.1 Å². The average Bonchev–Trinajstić information content (AvgIpc) is 2.95. The van der Waals surface area contributed by atoms with Crippen LogP contribution in [-0.4, -0.2) is 56.3 Å². The third kappa shape index (κ3) is 4.26. The van der Waals surface area contributed by atoms with Gasteiger partial charge in [-0.1, -0.05) is 0 Å². The molecular formula is C21H9B3F15N3. The molecule has 0 saturated carbocycles. The SMILES string of the molecule is CN1B(c2c(F)c(F)c(F)c(F)c2F)N(C)B(c2c(F)c(F)c(F)c(F)c2F)N(C)B1c1c(F)c(F)c(F)c(F)c1F. The van der Waals surface area contributed by atoms with Gasteiger partial charge in [-0.2, -0.15) is 0 Å². The van der Waals surface area contributed by atoms with E-state index in [-0.39, 0.29) is 14.2 Å². The molecule has 0 radical (unpaired) electrons. The summed E-state index contributed by atoms with van der Waals surface area (Å²) in [7, 11) is 1.85. The predicted molar refractivity (Wildman–Crippen MR) is 118 cm³/mol. The highest BCUT2D eigenvalue weighted by atomic mass is 19.2. The number of benzene rings is 3. The molecule has 3 nitrogen and oxygen atoms in total. The first-order chi connectivity index (χ1) is 19.4. The second kappa shape index (κ2) is 10.8. The fourth-order valence-electron chi connectivity index (χ4n) is 5.03. The molecule has 1 aliphatic heterocycles. The summed E-state index contributed by atoms with van der Waals surface area (Å²) >= 11 is 0. The molecular weight excluding hydrogens is 612 g/mol. The van der Waals surface area contributed by atoms with Crippen molar-refractivity contribution in [2.75, 3.05) is 21.1 Å². The predicted octanol–water partition coefficient (Wildman–Crippen LogP) is 3.07. The van der Waals surface area contributed by atoms with Crippen molar-refractivity contribution in [3.8, 4) is 0 Å². The number of rotatable bonds is 3. The van der Waals surface area contributed by atoms with Crippen LogP contribution in [0.25, 0.3) is 0 Å². The fraction of sp³-hybridized carbons (Fsp3) is 0.143. The van der Waals surface area contributed by atoms with E-state index < -0.39 is 125 Å². The molecule has 4 rings (SSSR count). The highest BCUT2D eigenvalue weighted by Crippen LogP contribution is 2.27. The van der Waals surface area contributed by atoms with Crippen LogP contribution >= 0.6 is 0 Å². The van der Waals surface area contributed by atoms with E-state index in [9.17, 15) is 65.9 Å². The zero-order valence-electron chi connectivity index (χ0n) is 20.7. The van der Waals surface area contributed by atoms with Gasteiger partial charge in [0.2, 0.25) is 0 Å². The summed E-state index contributed by atoms with van der Waals surface area (Å²) in [6, 6.07) is 0. The second-order valence-electron chi connectivity index (χ2n) is 9.07. The van der Waals surface area contributed by atoms with Gasteiger partial charge in [0.1, 0.15) is 0 Å².